The van der Waals surface area contributed by atoms with Crippen LogP contribution in [0.3, 0.4) is 0 Å². The number of halogens is 2. The van der Waals surface area contributed by atoms with Crippen LogP contribution in [0.2, 0.25) is 0 Å². The standard InChI is InChI=1S/C15H15BrFNO2S/c1-2-12-9-13(16)6-7-15(12)21(19,20)18-10-11-4-3-5-14(17)8-11/h3-9,18H,2,10H2,1H3. The van der Waals surface area contributed by atoms with Crippen molar-refractivity contribution in [3.8, 4) is 0 Å². The Morgan fingerprint density at radius 3 is 2.62 bits per heavy atom. The lowest BCUT2D eigenvalue weighted by Crippen LogP contribution is -2.24. The molecule has 6 heteroatoms. The zero-order valence-electron chi connectivity index (χ0n) is 11.4. The first-order valence-corrected chi connectivity index (χ1v) is 8.72. The second-order valence-corrected chi connectivity index (χ2v) is 7.21. The first-order chi connectivity index (χ1) is 9.92. The van der Waals surface area contributed by atoms with Crippen molar-refractivity contribution in [2.75, 3.05) is 0 Å². The van der Waals surface area contributed by atoms with E-state index in [4.69, 9.17) is 0 Å². The summed E-state index contributed by atoms with van der Waals surface area (Å²) in [4.78, 5) is 0.254. The molecule has 2 rings (SSSR count). The fourth-order valence-electron chi connectivity index (χ4n) is 1.99. The lowest BCUT2D eigenvalue weighted by molar-refractivity contribution is 0.579. The van der Waals surface area contributed by atoms with Crippen LogP contribution in [0.15, 0.2) is 51.8 Å². The van der Waals surface area contributed by atoms with Gasteiger partial charge in [-0.25, -0.2) is 17.5 Å². The largest absolute Gasteiger partial charge is 0.241 e. The Hall–Kier alpha value is -1.24. The van der Waals surface area contributed by atoms with Gasteiger partial charge < -0.3 is 0 Å². The highest BCUT2D eigenvalue weighted by Crippen LogP contribution is 2.21. The Balaban J connectivity index is 2.23. The van der Waals surface area contributed by atoms with Crippen LogP contribution in [-0.2, 0) is 23.0 Å². The van der Waals surface area contributed by atoms with E-state index in [0.29, 0.717) is 12.0 Å². The molecule has 2 aromatic carbocycles. The third kappa shape index (κ3) is 4.12. The smallest absolute Gasteiger partial charge is 0.207 e. The average molecular weight is 372 g/mol. The molecule has 2 aromatic rings. The minimum absolute atomic E-state index is 0.0549. The number of rotatable bonds is 5. The number of aryl methyl sites for hydroxylation is 1. The van der Waals surface area contributed by atoms with Gasteiger partial charge >= 0.3 is 0 Å². The molecule has 0 saturated heterocycles. The van der Waals surface area contributed by atoms with Crippen LogP contribution in [-0.4, -0.2) is 8.42 Å². The SMILES string of the molecule is CCc1cc(Br)ccc1S(=O)(=O)NCc1cccc(F)c1. The van der Waals surface area contributed by atoms with Crippen molar-refractivity contribution in [3.05, 3.63) is 63.9 Å². The molecular formula is C15H15BrFNO2S. The predicted molar refractivity (Wildman–Crippen MR) is 83.9 cm³/mol. The molecule has 3 nitrogen and oxygen atoms in total. The van der Waals surface area contributed by atoms with Gasteiger partial charge in [0.2, 0.25) is 10.0 Å². The topological polar surface area (TPSA) is 46.2 Å². The van der Waals surface area contributed by atoms with E-state index in [0.717, 1.165) is 10.0 Å². The highest BCUT2D eigenvalue weighted by molar-refractivity contribution is 9.10. The third-order valence-electron chi connectivity index (χ3n) is 3.05. The molecule has 21 heavy (non-hydrogen) atoms. The molecule has 0 aliphatic rings. The minimum atomic E-state index is -3.62. The molecule has 0 saturated carbocycles. The van der Waals surface area contributed by atoms with Gasteiger partial charge in [0.15, 0.2) is 0 Å². The maximum atomic E-state index is 13.1. The maximum Gasteiger partial charge on any atom is 0.241 e. The Morgan fingerprint density at radius 2 is 1.95 bits per heavy atom. The van der Waals surface area contributed by atoms with Crippen molar-refractivity contribution in [1.29, 1.82) is 0 Å². The van der Waals surface area contributed by atoms with Crippen LogP contribution in [0.1, 0.15) is 18.1 Å². The summed E-state index contributed by atoms with van der Waals surface area (Å²) in [5.41, 5.74) is 1.31. The number of hydrogen-bond donors (Lipinski definition) is 1. The molecule has 0 atom stereocenters. The van der Waals surface area contributed by atoms with E-state index >= 15 is 0 Å². The van der Waals surface area contributed by atoms with Gasteiger partial charge in [0, 0.05) is 11.0 Å². The lowest BCUT2D eigenvalue weighted by Gasteiger charge is -2.11. The van der Waals surface area contributed by atoms with Crippen LogP contribution in [0.4, 0.5) is 4.39 Å². The van der Waals surface area contributed by atoms with Gasteiger partial charge in [0.05, 0.1) is 4.90 Å². The molecule has 0 aromatic heterocycles. The zero-order chi connectivity index (χ0) is 15.5. The minimum Gasteiger partial charge on any atom is -0.207 e. The van der Waals surface area contributed by atoms with E-state index in [1.807, 2.05) is 6.92 Å². The number of nitrogens with one attached hydrogen (secondary N) is 1. The Bertz CT molecular complexity index is 747. The summed E-state index contributed by atoms with van der Waals surface area (Å²) in [5, 5.41) is 0. The van der Waals surface area contributed by atoms with Gasteiger partial charge in [-0.3, -0.25) is 0 Å². The molecule has 0 amide bonds. The van der Waals surface area contributed by atoms with E-state index < -0.39 is 10.0 Å². The second-order valence-electron chi connectivity index (χ2n) is 4.56. The number of benzene rings is 2. The summed E-state index contributed by atoms with van der Waals surface area (Å²) < 4.78 is 41.2. The highest BCUT2D eigenvalue weighted by atomic mass is 79.9. The molecule has 0 aliphatic carbocycles. The van der Waals surface area contributed by atoms with Gasteiger partial charge in [0.1, 0.15) is 5.82 Å². The summed E-state index contributed by atoms with van der Waals surface area (Å²) in [6, 6.07) is 10.9. The van der Waals surface area contributed by atoms with Gasteiger partial charge in [0.25, 0.3) is 0 Å². The van der Waals surface area contributed by atoms with Crippen LogP contribution >= 0.6 is 15.9 Å². The molecule has 112 valence electrons. The highest BCUT2D eigenvalue weighted by Gasteiger charge is 2.17. The van der Waals surface area contributed by atoms with Crippen LogP contribution in [0, 0.1) is 5.82 Å². The zero-order valence-corrected chi connectivity index (χ0v) is 13.8. The molecule has 1 N–H and O–H groups in total. The molecular weight excluding hydrogens is 357 g/mol. The summed E-state index contributed by atoms with van der Waals surface area (Å²) in [5.74, 6) is -0.385. The average Bonchev–Trinajstić information content (AvgIpc) is 2.45. The van der Waals surface area contributed by atoms with Gasteiger partial charge in [-0.05, 0) is 47.9 Å². The fraction of sp³-hybridized carbons (Fsp3) is 0.200. The van der Waals surface area contributed by atoms with Crippen molar-refractivity contribution in [2.45, 2.75) is 24.8 Å². The first kappa shape index (κ1) is 16.1. The number of hydrogen-bond acceptors (Lipinski definition) is 2. The molecule has 0 fully saturated rings. The van der Waals surface area contributed by atoms with E-state index in [1.165, 1.54) is 12.1 Å². The molecule has 0 aliphatic heterocycles. The Labute approximate surface area is 132 Å². The normalized spacial score (nSPS) is 11.6. The summed E-state index contributed by atoms with van der Waals surface area (Å²) in [7, 11) is -3.62. The van der Waals surface area contributed by atoms with Crippen molar-refractivity contribution in [1.82, 2.24) is 4.72 Å². The van der Waals surface area contributed by atoms with Crippen molar-refractivity contribution >= 4 is 26.0 Å². The summed E-state index contributed by atoms with van der Waals surface area (Å²) in [6.07, 6.45) is 0.607. The molecule has 0 unspecified atom stereocenters. The van der Waals surface area contributed by atoms with E-state index in [1.54, 1.807) is 30.3 Å². The molecule has 0 heterocycles. The van der Waals surface area contributed by atoms with Crippen molar-refractivity contribution < 1.29 is 12.8 Å². The maximum absolute atomic E-state index is 13.1. The Morgan fingerprint density at radius 1 is 1.19 bits per heavy atom. The molecule has 0 bridgehead atoms. The lowest BCUT2D eigenvalue weighted by atomic mass is 10.2. The first-order valence-electron chi connectivity index (χ1n) is 6.45. The Kier molecular flexibility index (Phi) is 5.13. The van der Waals surface area contributed by atoms with Gasteiger partial charge in [-0.1, -0.05) is 35.0 Å². The second kappa shape index (κ2) is 6.68. The van der Waals surface area contributed by atoms with E-state index in [-0.39, 0.29) is 17.3 Å². The van der Waals surface area contributed by atoms with E-state index in [9.17, 15) is 12.8 Å². The van der Waals surface area contributed by atoms with Crippen LogP contribution < -0.4 is 4.72 Å². The van der Waals surface area contributed by atoms with E-state index in [2.05, 4.69) is 20.7 Å². The molecule has 0 spiro atoms. The van der Waals surface area contributed by atoms with Crippen molar-refractivity contribution in [3.63, 3.8) is 0 Å². The van der Waals surface area contributed by atoms with Crippen LogP contribution in [0.25, 0.3) is 0 Å². The fourth-order valence-corrected chi connectivity index (χ4v) is 3.71. The van der Waals surface area contributed by atoms with Gasteiger partial charge in [-0.15, -0.1) is 0 Å². The third-order valence-corrected chi connectivity index (χ3v) is 5.04. The van der Waals surface area contributed by atoms with Crippen molar-refractivity contribution in [2.24, 2.45) is 0 Å². The number of sulfonamides is 1. The van der Waals surface area contributed by atoms with Crippen LogP contribution in [0.5, 0.6) is 0 Å². The monoisotopic (exact) mass is 371 g/mol. The predicted octanol–water partition coefficient (Wildman–Crippen LogP) is 3.63. The van der Waals surface area contributed by atoms with Gasteiger partial charge in [-0.2, -0.15) is 0 Å². The summed E-state index contributed by atoms with van der Waals surface area (Å²) >= 11 is 3.33. The summed E-state index contributed by atoms with van der Waals surface area (Å²) in [6.45, 7) is 1.95. The molecule has 0 radical (unpaired) electrons. The quantitative estimate of drug-likeness (QED) is 0.871.